The average molecular weight is 323 g/mol. The summed E-state index contributed by atoms with van der Waals surface area (Å²) in [6, 6.07) is 16.4. The Labute approximate surface area is 141 Å². The van der Waals surface area contributed by atoms with Crippen molar-refractivity contribution in [2.45, 2.75) is 25.9 Å². The number of hydrogen-bond donors (Lipinski definition) is 3. The first-order valence-corrected chi connectivity index (χ1v) is 7.96. The van der Waals surface area contributed by atoms with Crippen molar-refractivity contribution in [3.8, 4) is 6.07 Å². The molecular weight excluding hydrogens is 302 g/mol. The highest BCUT2D eigenvalue weighted by Gasteiger charge is 2.07. The highest BCUT2D eigenvalue weighted by atomic mass is 16.3. The third kappa shape index (κ3) is 5.11. The van der Waals surface area contributed by atoms with E-state index in [4.69, 9.17) is 5.26 Å². The van der Waals surface area contributed by atoms with Gasteiger partial charge in [0.2, 0.25) is 0 Å². The van der Waals surface area contributed by atoms with E-state index in [0.717, 1.165) is 11.4 Å². The summed E-state index contributed by atoms with van der Waals surface area (Å²) in [6.07, 6.45) is 0.848. The molecule has 1 atom stereocenters. The van der Waals surface area contributed by atoms with Gasteiger partial charge in [-0.25, -0.2) is 0 Å². The van der Waals surface area contributed by atoms with Gasteiger partial charge in [-0.3, -0.25) is 4.79 Å². The fourth-order valence-corrected chi connectivity index (χ4v) is 2.19. The smallest absolute Gasteiger partial charge is 0.251 e. The Morgan fingerprint density at radius 3 is 2.62 bits per heavy atom. The van der Waals surface area contributed by atoms with Crippen LogP contribution in [-0.2, 0) is 0 Å². The van der Waals surface area contributed by atoms with Crippen molar-refractivity contribution in [1.29, 1.82) is 5.26 Å². The van der Waals surface area contributed by atoms with Crippen LogP contribution in [0, 0.1) is 11.3 Å². The van der Waals surface area contributed by atoms with E-state index in [-0.39, 0.29) is 12.0 Å². The second-order valence-corrected chi connectivity index (χ2v) is 5.50. The molecule has 1 unspecified atom stereocenters. The van der Waals surface area contributed by atoms with Crippen LogP contribution in [0.2, 0.25) is 0 Å². The standard InChI is InChI=1S/C19H21N3O2/c1-2-18(23)10-11-21-19(24)15-4-3-5-17(12-15)22-16-8-6-14(13-20)7-9-16/h3-9,12,18,22-23H,2,10-11H2,1H3,(H,21,24). The number of hydrogen-bond acceptors (Lipinski definition) is 4. The lowest BCUT2D eigenvalue weighted by atomic mass is 10.1. The molecule has 0 saturated carbocycles. The lowest BCUT2D eigenvalue weighted by Gasteiger charge is -2.10. The molecule has 2 aromatic carbocycles. The van der Waals surface area contributed by atoms with E-state index in [1.165, 1.54) is 0 Å². The predicted molar refractivity (Wildman–Crippen MR) is 94.1 cm³/mol. The monoisotopic (exact) mass is 323 g/mol. The molecule has 0 bridgehead atoms. The third-order valence-electron chi connectivity index (χ3n) is 3.66. The van der Waals surface area contributed by atoms with Crippen molar-refractivity contribution in [3.05, 3.63) is 59.7 Å². The number of aliphatic hydroxyl groups excluding tert-OH is 1. The number of nitrogens with one attached hydrogen (secondary N) is 2. The van der Waals surface area contributed by atoms with Crippen LogP contribution in [0.15, 0.2) is 48.5 Å². The van der Waals surface area contributed by atoms with E-state index in [1.807, 2.05) is 31.2 Å². The predicted octanol–water partition coefficient (Wildman–Crippen LogP) is 3.19. The van der Waals surface area contributed by atoms with Crippen LogP contribution in [0.3, 0.4) is 0 Å². The van der Waals surface area contributed by atoms with E-state index in [0.29, 0.717) is 30.5 Å². The molecular formula is C19H21N3O2. The molecule has 3 N–H and O–H groups in total. The summed E-state index contributed by atoms with van der Waals surface area (Å²) in [5.74, 6) is -0.165. The number of carbonyl (C=O) groups excluding carboxylic acids is 1. The van der Waals surface area contributed by atoms with Crippen molar-refractivity contribution in [2.75, 3.05) is 11.9 Å². The number of nitrogens with zero attached hydrogens (tertiary/aromatic N) is 1. The van der Waals surface area contributed by atoms with E-state index in [2.05, 4.69) is 16.7 Å². The maximum atomic E-state index is 12.1. The topological polar surface area (TPSA) is 85.2 Å². The highest BCUT2D eigenvalue weighted by Crippen LogP contribution is 2.18. The molecule has 0 aliphatic rings. The number of anilines is 2. The maximum absolute atomic E-state index is 12.1. The third-order valence-corrected chi connectivity index (χ3v) is 3.66. The fourth-order valence-electron chi connectivity index (χ4n) is 2.19. The number of amides is 1. The molecule has 5 nitrogen and oxygen atoms in total. The van der Waals surface area contributed by atoms with E-state index >= 15 is 0 Å². The van der Waals surface area contributed by atoms with Gasteiger partial charge < -0.3 is 15.7 Å². The van der Waals surface area contributed by atoms with Crippen molar-refractivity contribution < 1.29 is 9.90 Å². The summed E-state index contributed by atoms with van der Waals surface area (Å²) >= 11 is 0. The molecule has 0 aromatic heterocycles. The summed E-state index contributed by atoms with van der Waals surface area (Å²) in [5, 5.41) is 24.3. The molecule has 1 amide bonds. The molecule has 0 saturated heterocycles. The van der Waals surface area contributed by atoms with Crippen molar-refractivity contribution in [2.24, 2.45) is 0 Å². The van der Waals surface area contributed by atoms with Crippen LogP contribution >= 0.6 is 0 Å². The van der Waals surface area contributed by atoms with E-state index < -0.39 is 0 Å². The van der Waals surface area contributed by atoms with E-state index in [9.17, 15) is 9.90 Å². The van der Waals surface area contributed by atoms with Gasteiger partial charge in [-0.1, -0.05) is 13.0 Å². The molecule has 0 spiro atoms. The minimum atomic E-state index is -0.380. The average Bonchev–Trinajstić information content (AvgIpc) is 2.62. The fraction of sp³-hybridized carbons (Fsp3) is 0.263. The Morgan fingerprint density at radius 1 is 1.21 bits per heavy atom. The molecule has 0 radical (unpaired) electrons. The van der Waals surface area contributed by atoms with Crippen LogP contribution in [0.25, 0.3) is 0 Å². The van der Waals surface area contributed by atoms with Gasteiger partial charge in [-0.2, -0.15) is 5.26 Å². The van der Waals surface area contributed by atoms with Gasteiger partial charge in [0.1, 0.15) is 0 Å². The Hall–Kier alpha value is -2.84. The zero-order valence-corrected chi connectivity index (χ0v) is 13.6. The first-order chi connectivity index (χ1) is 11.6. The molecule has 2 rings (SSSR count). The zero-order valence-electron chi connectivity index (χ0n) is 13.6. The van der Waals surface area contributed by atoms with Gasteiger partial charge in [0.05, 0.1) is 17.7 Å². The van der Waals surface area contributed by atoms with Gasteiger partial charge in [0, 0.05) is 23.5 Å². The zero-order chi connectivity index (χ0) is 17.4. The number of benzene rings is 2. The number of carbonyl (C=O) groups is 1. The number of aliphatic hydroxyl groups is 1. The largest absolute Gasteiger partial charge is 0.393 e. The quantitative estimate of drug-likeness (QED) is 0.730. The van der Waals surface area contributed by atoms with Crippen molar-refractivity contribution in [1.82, 2.24) is 5.32 Å². The van der Waals surface area contributed by atoms with Gasteiger partial charge in [0.25, 0.3) is 5.91 Å². The van der Waals surface area contributed by atoms with Gasteiger partial charge >= 0.3 is 0 Å². The van der Waals surface area contributed by atoms with Crippen molar-refractivity contribution >= 4 is 17.3 Å². The highest BCUT2D eigenvalue weighted by molar-refractivity contribution is 5.95. The molecule has 24 heavy (non-hydrogen) atoms. The Balaban J connectivity index is 1.97. The van der Waals surface area contributed by atoms with Gasteiger partial charge in [-0.15, -0.1) is 0 Å². The molecule has 0 aliphatic carbocycles. The SMILES string of the molecule is CCC(O)CCNC(=O)c1cccc(Nc2ccc(C#N)cc2)c1. The van der Waals surface area contributed by atoms with Crippen LogP contribution in [0.5, 0.6) is 0 Å². The minimum Gasteiger partial charge on any atom is -0.393 e. The Morgan fingerprint density at radius 2 is 1.96 bits per heavy atom. The first kappa shape index (κ1) is 17.5. The van der Waals surface area contributed by atoms with Gasteiger partial charge in [-0.05, 0) is 55.3 Å². The van der Waals surface area contributed by atoms with E-state index in [1.54, 1.807) is 24.3 Å². The summed E-state index contributed by atoms with van der Waals surface area (Å²) in [5.41, 5.74) is 2.79. The number of rotatable bonds is 7. The Bertz CT molecular complexity index is 720. The molecule has 2 aromatic rings. The molecule has 0 heterocycles. The summed E-state index contributed by atoms with van der Waals surface area (Å²) in [6.45, 7) is 2.35. The molecule has 0 fully saturated rings. The van der Waals surface area contributed by atoms with Crippen LogP contribution in [-0.4, -0.2) is 23.7 Å². The second-order valence-electron chi connectivity index (χ2n) is 5.50. The Kier molecular flexibility index (Phi) is 6.35. The van der Waals surface area contributed by atoms with Crippen LogP contribution < -0.4 is 10.6 Å². The molecule has 124 valence electrons. The normalized spacial score (nSPS) is 11.4. The van der Waals surface area contributed by atoms with Crippen LogP contribution in [0.1, 0.15) is 35.7 Å². The summed E-state index contributed by atoms with van der Waals surface area (Å²) < 4.78 is 0. The maximum Gasteiger partial charge on any atom is 0.251 e. The minimum absolute atomic E-state index is 0.165. The molecule has 0 aliphatic heterocycles. The van der Waals surface area contributed by atoms with Crippen molar-refractivity contribution in [3.63, 3.8) is 0 Å². The van der Waals surface area contributed by atoms with Crippen LogP contribution in [0.4, 0.5) is 11.4 Å². The summed E-state index contributed by atoms with van der Waals surface area (Å²) in [4.78, 5) is 12.1. The number of nitriles is 1. The first-order valence-electron chi connectivity index (χ1n) is 7.96. The molecule has 5 heteroatoms. The lowest BCUT2D eigenvalue weighted by Crippen LogP contribution is -2.27. The second kappa shape index (κ2) is 8.70. The lowest BCUT2D eigenvalue weighted by molar-refractivity contribution is 0.0942. The van der Waals surface area contributed by atoms with Gasteiger partial charge in [0.15, 0.2) is 0 Å². The summed E-state index contributed by atoms with van der Waals surface area (Å²) in [7, 11) is 0.